The number of carbonyl (C=O) groups is 2. The fourth-order valence-corrected chi connectivity index (χ4v) is 1.78. The van der Waals surface area contributed by atoms with Crippen LogP contribution in [0.1, 0.15) is 39.7 Å². The number of hydrogen-bond donors (Lipinski definition) is 0. The Kier molecular flexibility index (Phi) is 6.52. The number of benzene rings is 1. The van der Waals surface area contributed by atoms with Crippen LogP contribution in [0.15, 0.2) is 29.8 Å². The number of hydrogen-bond acceptors (Lipinski definition) is 5. The highest BCUT2D eigenvalue weighted by Crippen LogP contribution is 2.21. The minimum atomic E-state index is -0.676. The molecule has 0 aromatic heterocycles. The number of rotatable bonds is 5. The SMILES string of the molecule is CCOC(=O)/C(C#N)=C/c1cccc(OC(=O)CC(C)(C)C)c1. The largest absolute Gasteiger partial charge is 0.462 e. The maximum absolute atomic E-state index is 11.8. The molecule has 1 aromatic rings. The molecular weight excluding hydrogens is 294 g/mol. The lowest BCUT2D eigenvalue weighted by Gasteiger charge is -2.16. The van der Waals surface area contributed by atoms with E-state index in [0.717, 1.165) is 0 Å². The Morgan fingerprint density at radius 3 is 2.57 bits per heavy atom. The molecule has 0 fully saturated rings. The van der Waals surface area contributed by atoms with Crippen LogP contribution in [-0.4, -0.2) is 18.5 Å². The smallest absolute Gasteiger partial charge is 0.348 e. The van der Waals surface area contributed by atoms with E-state index in [2.05, 4.69) is 0 Å². The van der Waals surface area contributed by atoms with E-state index in [1.54, 1.807) is 37.3 Å². The monoisotopic (exact) mass is 315 g/mol. The molecule has 0 amide bonds. The Morgan fingerprint density at radius 2 is 2.00 bits per heavy atom. The third-order valence-corrected chi connectivity index (χ3v) is 2.69. The molecule has 1 rings (SSSR count). The summed E-state index contributed by atoms with van der Waals surface area (Å²) in [5.74, 6) is -0.635. The number of nitriles is 1. The van der Waals surface area contributed by atoms with Crippen molar-refractivity contribution in [3.8, 4) is 11.8 Å². The van der Waals surface area contributed by atoms with Crippen LogP contribution in [0.4, 0.5) is 0 Å². The summed E-state index contributed by atoms with van der Waals surface area (Å²) in [7, 11) is 0. The van der Waals surface area contributed by atoms with E-state index in [-0.39, 0.29) is 23.6 Å². The molecule has 0 saturated heterocycles. The van der Waals surface area contributed by atoms with Gasteiger partial charge in [-0.2, -0.15) is 5.26 Å². The Morgan fingerprint density at radius 1 is 1.30 bits per heavy atom. The second kappa shape index (κ2) is 8.14. The summed E-state index contributed by atoms with van der Waals surface area (Å²) >= 11 is 0. The van der Waals surface area contributed by atoms with Crippen LogP contribution in [0.3, 0.4) is 0 Å². The molecule has 5 nitrogen and oxygen atoms in total. The number of esters is 2. The van der Waals surface area contributed by atoms with Crippen LogP contribution in [0.2, 0.25) is 0 Å². The lowest BCUT2D eigenvalue weighted by atomic mass is 9.92. The molecule has 0 spiro atoms. The van der Waals surface area contributed by atoms with E-state index in [1.165, 1.54) is 6.08 Å². The first kappa shape index (κ1) is 18.4. The lowest BCUT2D eigenvalue weighted by Crippen LogP contribution is -2.17. The highest BCUT2D eigenvalue weighted by molar-refractivity contribution is 5.97. The van der Waals surface area contributed by atoms with Crippen molar-refractivity contribution in [3.05, 3.63) is 35.4 Å². The summed E-state index contributed by atoms with van der Waals surface area (Å²) < 4.78 is 10.1. The van der Waals surface area contributed by atoms with Crippen LogP contribution >= 0.6 is 0 Å². The summed E-state index contributed by atoms with van der Waals surface area (Å²) in [6.07, 6.45) is 1.69. The Bertz CT molecular complexity index is 648. The predicted molar refractivity (Wildman–Crippen MR) is 86.4 cm³/mol. The summed E-state index contributed by atoms with van der Waals surface area (Å²) in [5, 5.41) is 9.02. The molecule has 0 aliphatic carbocycles. The Labute approximate surface area is 136 Å². The van der Waals surface area contributed by atoms with Crippen LogP contribution < -0.4 is 4.74 Å². The van der Waals surface area contributed by atoms with Gasteiger partial charge in [0.15, 0.2) is 0 Å². The van der Waals surface area contributed by atoms with Crippen molar-refractivity contribution < 1.29 is 19.1 Å². The first-order valence-corrected chi connectivity index (χ1v) is 7.35. The first-order valence-electron chi connectivity index (χ1n) is 7.35. The van der Waals surface area contributed by atoms with Gasteiger partial charge < -0.3 is 9.47 Å². The maximum atomic E-state index is 11.8. The first-order chi connectivity index (χ1) is 10.7. The summed E-state index contributed by atoms with van der Waals surface area (Å²) in [6.45, 7) is 7.72. The van der Waals surface area contributed by atoms with Gasteiger partial charge in [0.05, 0.1) is 13.0 Å². The van der Waals surface area contributed by atoms with E-state index in [0.29, 0.717) is 17.7 Å². The Balaban J connectivity index is 2.90. The zero-order chi connectivity index (χ0) is 17.5. The molecule has 0 radical (unpaired) electrons. The molecule has 122 valence electrons. The molecule has 0 heterocycles. The van der Waals surface area contributed by atoms with Crippen LogP contribution in [-0.2, 0) is 14.3 Å². The molecule has 5 heteroatoms. The maximum Gasteiger partial charge on any atom is 0.348 e. The van der Waals surface area contributed by atoms with Gasteiger partial charge in [-0.25, -0.2) is 4.79 Å². The highest BCUT2D eigenvalue weighted by Gasteiger charge is 2.17. The van der Waals surface area contributed by atoms with E-state index in [1.807, 2.05) is 20.8 Å². The minimum Gasteiger partial charge on any atom is -0.462 e. The topological polar surface area (TPSA) is 76.4 Å². The van der Waals surface area contributed by atoms with Crippen molar-refractivity contribution >= 4 is 18.0 Å². The minimum absolute atomic E-state index is 0.106. The fourth-order valence-electron chi connectivity index (χ4n) is 1.78. The van der Waals surface area contributed by atoms with E-state index in [9.17, 15) is 9.59 Å². The molecule has 0 N–H and O–H groups in total. The molecule has 0 unspecified atom stereocenters. The van der Waals surface area contributed by atoms with Crippen molar-refractivity contribution in [1.29, 1.82) is 5.26 Å². The zero-order valence-corrected chi connectivity index (χ0v) is 13.9. The van der Waals surface area contributed by atoms with Gasteiger partial charge in [0.1, 0.15) is 17.4 Å². The fraction of sp³-hybridized carbons (Fsp3) is 0.389. The molecule has 0 aliphatic heterocycles. The average Bonchev–Trinajstić information content (AvgIpc) is 2.43. The molecular formula is C18H21NO4. The predicted octanol–water partition coefficient (Wildman–Crippen LogP) is 3.50. The van der Waals surface area contributed by atoms with Crippen LogP contribution in [0, 0.1) is 16.7 Å². The quantitative estimate of drug-likeness (QED) is 0.360. The van der Waals surface area contributed by atoms with Gasteiger partial charge in [0.2, 0.25) is 0 Å². The van der Waals surface area contributed by atoms with Crippen molar-refractivity contribution in [2.24, 2.45) is 5.41 Å². The summed E-state index contributed by atoms with van der Waals surface area (Å²) in [6, 6.07) is 8.44. The number of nitrogens with zero attached hydrogens (tertiary/aromatic N) is 1. The zero-order valence-electron chi connectivity index (χ0n) is 13.9. The number of ether oxygens (including phenoxy) is 2. The second-order valence-corrected chi connectivity index (χ2v) is 6.17. The second-order valence-electron chi connectivity index (χ2n) is 6.17. The summed E-state index contributed by atoms with van der Waals surface area (Å²) in [5.41, 5.74) is 0.313. The molecule has 0 atom stereocenters. The van der Waals surface area contributed by atoms with Gasteiger partial charge in [-0.05, 0) is 36.1 Å². The lowest BCUT2D eigenvalue weighted by molar-refractivity contribution is -0.138. The molecule has 0 aliphatic rings. The molecule has 0 bridgehead atoms. The normalized spacial score (nSPS) is 11.5. The van der Waals surface area contributed by atoms with Crippen LogP contribution in [0.25, 0.3) is 6.08 Å². The molecule has 1 aromatic carbocycles. The van der Waals surface area contributed by atoms with Gasteiger partial charge in [0.25, 0.3) is 0 Å². The van der Waals surface area contributed by atoms with Gasteiger partial charge in [-0.3, -0.25) is 4.79 Å². The van der Waals surface area contributed by atoms with Crippen LogP contribution in [0.5, 0.6) is 5.75 Å². The van der Waals surface area contributed by atoms with Crippen molar-refractivity contribution in [3.63, 3.8) is 0 Å². The van der Waals surface area contributed by atoms with E-state index in [4.69, 9.17) is 14.7 Å². The third-order valence-electron chi connectivity index (χ3n) is 2.69. The van der Waals surface area contributed by atoms with Gasteiger partial charge in [0, 0.05) is 0 Å². The van der Waals surface area contributed by atoms with Crippen molar-refractivity contribution in [2.45, 2.75) is 34.1 Å². The van der Waals surface area contributed by atoms with Gasteiger partial charge >= 0.3 is 11.9 Å². The highest BCUT2D eigenvalue weighted by atomic mass is 16.5. The average molecular weight is 315 g/mol. The van der Waals surface area contributed by atoms with Gasteiger partial charge in [-0.1, -0.05) is 32.9 Å². The van der Waals surface area contributed by atoms with Gasteiger partial charge in [-0.15, -0.1) is 0 Å². The Hall–Kier alpha value is -2.61. The molecule has 0 saturated carbocycles. The molecule has 23 heavy (non-hydrogen) atoms. The van der Waals surface area contributed by atoms with Crippen molar-refractivity contribution in [1.82, 2.24) is 0 Å². The third kappa shape index (κ3) is 6.79. The summed E-state index contributed by atoms with van der Waals surface area (Å²) in [4.78, 5) is 23.4. The van der Waals surface area contributed by atoms with Crippen molar-refractivity contribution in [2.75, 3.05) is 6.61 Å². The number of carbonyl (C=O) groups excluding carboxylic acids is 2. The standard InChI is InChI=1S/C18H21NO4/c1-5-22-17(21)14(12-19)9-13-7-6-8-15(10-13)23-16(20)11-18(2,3)4/h6-10H,5,11H2,1-4H3/b14-9+. The van der Waals surface area contributed by atoms with E-state index >= 15 is 0 Å². The van der Waals surface area contributed by atoms with E-state index < -0.39 is 5.97 Å².